The number of nitrogens with zero attached hydrogens (tertiary/aromatic N) is 1. The predicted octanol–water partition coefficient (Wildman–Crippen LogP) is 4.62. The van der Waals surface area contributed by atoms with E-state index in [2.05, 4.69) is 22.4 Å². The van der Waals surface area contributed by atoms with Crippen molar-refractivity contribution < 1.29 is 9.18 Å². The Labute approximate surface area is 150 Å². The maximum atomic E-state index is 13.0. The van der Waals surface area contributed by atoms with E-state index in [-0.39, 0.29) is 11.7 Å². The zero-order valence-electron chi connectivity index (χ0n) is 14.0. The maximum absolute atomic E-state index is 13.0. The van der Waals surface area contributed by atoms with E-state index in [1.807, 2.05) is 25.1 Å². The third-order valence-electron chi connectivity index (χ3n) is 3.86. The van der Waals surface area contributed by atoms with E-state index in [4.69, 9.17) is 0 Å². The molecule has 0 bridgehead atoms. The Kier molecular flexibility index (Phi) is 5.56. The molecular weight excluding hydrogens is 335 g/mol. The molecule has 0 saturated heterocycles. The minimum atomic E-state index is -0.284. The lowest BCUT2D eigenvalue weighted by molar-refractivity contribution is 0.0956. The maximum Gasteiger partial charge on any atom is 0.263 e. The summed E-state index contributed by atoms with van der Waals surface area (Å²) < 4.78 is 13.0. The summed E-state index contributed by atoms with van der Waals surface area (Å²) in [5.41, 5.74) is 2.78. The number of carbonyl (C=O) groups excluding carboxylic acids is 1. The molecule has 2 aromatic carbocycles. The summed E-state index contributed by atoms with van der Waals surface area (Å²) in [6.07, 6.45) is 1.82. The van der Waals surface area contributed by atoms with Crippen LogP contribution < -0.4 is 5.32 Å². The monoisotopic (exact) mass is 354 g/mol. The average molecular weight is 354 g/mol. The van der Waals surface area contributed by atoms with Crippen molar-refractivity contribution in [2.45, 2.75) is 19.8 Å². The Morgan fingerprint density at radius 2 is 1.84 bits per heavy atom. The average Bonchev–Trinajstić information content (AvgIpc) is 3.02. The third kappa shape index (κ3) is 4.51. The fourth-order valence-corrected chi connectivity index (χ4v) is 3.53. The molecule has 1 aromatic heterocycles. The van der Waals surface area contributed by atoms with Crippen LogP contribution in [0.25, 0.3) is 10.6 Å². The molecule has 0 unspecified atom stereocenters. The second-order valence-electron chi connectivity index (χ2n) is 5.79. The molecule has 128 valence electrons. The summed E-state index contributed by atoms with van der Waals surface area (Å²) in [4.78, 5) is 17.4. The van der Waals surface area contributed by atoms with Crippen LogP contribution in [-0.2, 0) is 6.42 Å². The Balaban J connectivity index is 1.58. The Hall–Kier alpha value is -2.53. The first-order valence-electron chi connectivity index (χ1n) is 8.19. The minimum Gasteiger partial charge on any atom is -0.351 e. The highest BCUT2D eigenvalue weighted by Gasteiger charge is 2.15. The predicted molar refractivity (Wildman–Crippen MR) is 99.3 cm³/mol. The van der Waals surface area contributed by atoms with E-state index in [9.17, 15) is 9.18 Å². The molecule has 5 heteroatoms. The van der Waals surface area contributed by atoms with Gasteiger partial charge in [-0.25, -0.2) is 9.37 Å². The Morgan fingerprint density at radius 3 is 2.56 bits per heavy atom. The van der Waals surface area contributed by atoms with Crippen molar-refractivity contribution in [3.05, 3.63) is 76.5 Å². The van der Waals surface area contributed by atoms with Crippen LogP contribution in [0.1, 0.15) is 27.3 Å². The van der Waals surface area contributed by atoms with Crippen molar-refractivity contribution >= 4 is 17.2 Å². The van der Waals surface area contributed by atoms with Gasteiger partial charge in [0.15, 0.2) is 0 Å². The van der Waals surface area contributed by atoms with Crippen LogP contribution >= 0.6 is 11.3 Å². The molecule has 0 aliphatic heterocycles. The number of aromatic nitrogens is 1. The molecular formula is C20H19FN2OS. The zero-order chi connectivity index (χ0) is 17.6. The molecule has 0 saturated carbocycles. The lowest BCUT2D eigenvalue weighted by Gasteiger charge is -2.04. The van der Waals surface area contributed by atoms with Gasteiger partial charge in [-0.2, -0.15) is 0 Å². The molecule has 0 atom stereocenters. The van der Waals surface area contributed by atoms with Gasteiger partial charge in [-0.3, -0.25) is 4.79 Å². The first-order chi connectivity index (χ1) is 12.1. The van der Waals surface area contributed by atoms with Crippen LogP contribution in [0.5, 0.6) is 0 Å². The first kappa shape index (κ1) is 17.3. The molecule has 0 spiro atoms. The van der Waals surface area contributed by atoms with Crippen LogP contribution in [-0.4, -0.2) is 17.4 Å². The lowest BCUT2D eigenvalue weighted by Crippen LogP contribution is -2.24. The topological polar surface area (TPSA) is 42.0 Å². The number of aryl methyl sites for hydroxylation is 2. The summed E-state index contributed by atoms with van der Waals surface area (Å²) >= 11 is 1.34. The van der Waals surface area contributed by atoms with Crippen molar-refractivity contribution in [3.63, 3.8) is 0 Å². The number of amides is 1. The third-order valence-corrected chi connectivity index (χ3v) is 5.07. The smallest absolute Gasteiger partial charge is 0.263 e. The van der Waals surface area contributed by atoms with Gasteiger partial charge in [0.05, 0.1) is 5.69 Å². The van der Waals surface area contributed by atoms with Gasteiger partial charge in [0.1, 0.15) is 15.7 Å². The molecule has 1 heterocycles. The van der Waals surface area contributed by atoms with E-state index in [1.165, 1.54) is 29.0 Å². The molecule has 3 nitrogen and oxygen atoms in total. The highest BCUT2D eigenvalue weighted by Crippen LogP contribution is 2.28. The number of nitrogens with one attached hydrogen (secondary N) is 1. The summed E-state index contributed by atoms with van der Waals surface area (Å²) in [6.45, 7) is 2.44. The Bertz CT molecular complexity index is 844. The van der Waals surface area contributed by atoms with Gasteiger partial charge in [0.25, 0.3) is 5.91 Å². The summed E-state index contributed by atoms with van der Waals surface area (Å²) in [5.74, 6) is -0.384. The van der Waals surface area contributed by atoms with Gasteiger partial charge in [0, 0.05) is 12.1 Å². The molecule has 3 rings (SSSR count). The van der Waals surface area contributed by atoms with E-state index in [0.717, 1.165) is 23.4 Å². The van der Waals surface area contributed by atoms with Gasteiger partial charge in [-0.1, -0.05) is 30.3 Å². The van der Waals surface area contributed by atoms with Crippen molar-refractivity contribution in [1.82, 2.24) is 10.3 Å². The van der Waals surface area contributed by atoms with E-state index < -0.39 is 0 Å². The van der Waals surface area contributed by atoms with Gasteiger partial charge in [0.2, 0.25) is 0 Å². The van der Waals surface area contributed by atoms with Crippen LogP contribution in [0.4, 0.5) is 4.39 Å². The zero-order valence-corrected chi connectivity index (χ0v) is 14.8. The van der Waals surface area contributed by atoms with Crippen LogP contribution in [0.15, 0.2) is 54.6 Å². The van der Waals surface area contributed by atoms with Gasteiger partial charge in [-0.15, -0.1) is 11.3 Å². The fraction of sp³-hybridized carbons (Fsp3) is 0.200. The Morgan fingerprint density at radius 1 is 1.12 bits per heavy atom. The van der Waals surface area contributed by atoms with E-state index in [1.54, 1.807) is 12.1 Å². The molecule has 0 aliphatic rings. The molecule has 0 fully saturated rings. The molecule has 1 amide bonds. The van der Waals surface area contributed by atoms with Crippen molar-refractivity contribution in [2.75, 3.05) is 6.54 Å². The molecule has 25 heavy (non-hydrogen) atoms. The highest BCUT2D eigenvalue weighted by molar-refractivity contribution is 7.17. The largest absolute Gasteiger partial charge is 0.351 e. The minimum absolute atomic E-state index is 0.101. The van der Waals surface area contributed by atoms with E-state index in [0.29, 0.717) is 17.1 Å². The van der Waals surface area contributed by atoms with Crippen LogP contribution in [0.2, 0.25) is 0 Å². The number of hydrogen-bond acceptors (Lipinski definition) is 3. The second kappa shape index (κ2) is 8.03. The lowest BCUT2D eigenvalue weighted by atomic mass is 10.1. The van der Waals surface area contributed by atoms with Gasteiger partial charge < -0.3 is 5.32 Å². The number of rotatable bonds is 6. The van der Waals surface area contributed by atoms with Gasteiger partial charge in [-0.05, 0) is 49.6 Å². The number of thiazole rings is 1. The van der Waals surface area contributed by atoms with Crippen molar-refractivity contribution in [3.8, 4) is 10.6 Å². The highest BCUT2D eigenvalue weighted by atomic mass is 32.1. The first-order valence-corrected chi connectivity index (χ1v) is 9.00. The fourth-order valence-electron chi connectivity index (χ4n) is 2.54. The second-order valence-corrected chi connectivity index (χ2v) is 6.78. The number of benzene rings is 2. The SMILES string of the molecule is Cc1nc(-c2ccc(F)cc2)sc1C(=O)NCCCc1ccccc1. The van der Waals surface area contributed by atoms with Crippen LogP contribution in [0.3, 0.4) is 0 Å². The van der Waals surface area contributed by atoms with Crippen molar-refractivity contribution in [1.29, 1.82) is 0 Å². The van der Waals surface area contributed by atoms with Gasteiger partial charge >= 0.3 is 0 Å². The molecule has 3 aromatic rings. The molecule has 0 radical (unpaired) electrons. The number of hydrogen-bond donors (Lipinski definition) is 1. The molecule has 1 N–H and O–H groups in total. The van der Waals surface area contributed by atoms with Crippen molar-refractivity contribution in [2.24, 2.45) is 0 Å². The molecule has 0 aliphatic carbocycles. The standard InChI is InChI=1S/C20H19FN2OS/c1-14-18(25-20(23-14)16-9-11-17(21)12-10-16)19(24)22-13-5-8-15-6-3-2-4-7-15/h2-4,6-7,9-12H,5,8,13H2,1H3,(H,22,24). The number of carbonyl (C=O) groups is 1. The summed E-state index contributed by atoms with van der Waals surface area (Å²) in [7, 11) is 0. The van der Waals surface area contributed by atoms with E-state index >= 15 is 0 Å². The normalized spacial score (nSPS) is 10.6. The van der Waals surface area contributed by atoms with Crippen LogP contribution in [0, 0.1) is 12.7 Å². The summed E-state index contributed by atoms with van der Waals surface area (Å²) in [5, 5.41) is 3.68. The number of halogens is 1. The summed E-state index contributed by atoms with van der Waals surface area (Å²) in [6, 6.07) is 16.4. The quantitative estimate of drug-likeness (QED) is 0.656.